The van der Waals surface area contributed by atoms with Crippen LogP contribution in [-0.2, 0) is 13.1 Å². The molecule has 0 saturated carbocycles. The monoisotopic (exact) mass is 328 g/mol. The molecule has 24 heavy (non-hydrogen) atoms. The molecule has 3 rings (SSSR count). The van der Waals surface area contributed by atoms with Gasteiger partial charge in [0.05, 0.1) is 0 Å². The van der Waals surface area contributed by atoms with E-state index in [1.165, 1.54) is 0 Å². The van der Waals surface area contributed by atoms with Crippen LogP contribution in [0.5, 0.6) is 11.5 Å². The molecular weight excluding hydrogens is 304 g/mol. The highest BCUT2D eigenvalue weighted by molar-refractivity contribution is 5.51. The topological polar surface area (TPSA) is 99.0 Å². The number of phenols is 2. The zero-order valence-electron chi connectivity index (χ0n) is 13.7. The number of nitrogens with two attached hydrogens (primary N) is 2. The molecule has 0 aliphatic carbocycles. The molecule has 2 aromatic carbocycles. The van der Waals surface area contributed by atoms with Gasteiger partial charge < -0.3 is 21.7 Å². The molecule has 1 heterocycles. The molecule has 1 fully saturated rings. The summed E-state index contributed by atoms with van der Waals surface area (Å²) in [5.74, 6) is 0.492. The van der Waals surface area contributed by atoms with E-state index in [1.807, 2.05) is 12.1 Å². The molecule has 1 aliphatic heterocycles. The zero-order valence-corrected chi connectivity index (χ0v) is 13.7. The van der Waals surface area contributed by atoms with Crippen LogP contribution in [0.3, 0.4) is 0 Å². The molecule has 1 saturated heterocycles. The lowest BCUT2D eigenvalue weighted by molar-refractivity contribution is 0.121. The van der Waals surface area contributed by atoms with E-state index in [-0.39, 0.29) is 5.75 Å². The van der Waals surface area contributed by atoms with Crippen molar-refractivity contribution < 1.29 is 10.2 Å². The Balaban J connectivity index is 1.55. The van der Waals surface area contributed by atoms with E-state index in [2.05, 4.69) is 9.80 Å². The fourth-order valence-electron chi connectivity index (χ4n) is 3.05. The van der Waals surface area contributed by atoms with Gasteiger partial charge in [-0.2, -0.15) is 0 Å². The molecule has 128 valence electrons. The van der Waals surface area contributed by atoms with Gasteiger partial charge in [0, 0.05) is 62.3 Å². The first kappa shape index (κ1) is 16.4. The second kappa shape index (κ2) is 6.98. The van der Waals surface area contributed by atoms with Crippen molar-refractivity contribution in [3.8, 4) is 11.5 Å². The molecule has 6 nitrogen and oxygen atoms in total. The van der Waals surface area contributed by atoms with Crippen molar-refractivity contribution >= 4 is 11.4 Å². The maximum absolute atomic E-state index is 9.94. The number of hydrogen-bond acceptors (Lipinski definition) is 6. The van der Waals surface area contributed by atoms with Crippen LogP contribution in [0.4, 0.5) is 11.4 Å². The lowest BCUT2D eigenvalue weighted by Gasteiger charge is -2.35. The first-order valence-electron chi connectivity index (χ1n) is 8.11. The molecule has 6 heteroatoms. The SMILES string of the molecule is Nc1ccc(O)c(CN2CCN(Cc3ccc(O)cc3N)CC2)c1. The molecule has 2 aromatic rings. The average Bonchev–Trinajstić information content (AvgIpc) is 2.55. The predicted molar refractivity (Wildman–Crippen MR) is 95.6 cm³/mol. The van der Waals surface area contributed by atoms with Crippen molar-refractivity contribution in [1.82, 2.24) is 9.80 Å². The van der Waals surface area contributed by atoms with Crippen LogP contribution in [0, 0.1) is 0 Å². The third-order valence-electron chi connectivity index (χ3n) is 4.49. The molecule has 1 aliphatic rings. The number of aromatic hydroxyl groups is 2. The van der Waals surface area contributed by atoms with Crippen LogP contribution < -0.4 is 11.5 Å². The van der Waals surface area contributed by atoms with E-state index < -0.39 is 0 Å². The lowest BCUT2D eigenvalue weighted by Crippen LogP contribution is -2.45. The molecule has 0 bridgehead atoms. The molecular formula is C18H24N4O2. The molecule has 0 radical (unpaired) electrons. The van der Waals surface area contributed by atoms with Crippen molar-refractivity contribution in [2.45, 2.75) is 13.1 Å². The number of anilines is 2. The van der Waals surface area contributed by atoms with Gasteiger partial charge in [-0.1, -0.05) is 6.07 Å². The summed E-state index contributed by atoms with van der Waals surface area (Å²) in [7, 11) is 0. The Morgan fingerprint density at radius 1 is 0.792 bits per heavy atom. The van der Waals surface area contributed by atoms with Crippen LogP contribution in [0.25, 0.3) is 0 Å². The number of piperazine rings is 1. The summed E-state index contributed by atoms with van der Waals surface area (Å²) in [6.45, 7) is 5.20. The highest BCUT2D eigenvalue weighted by Gasteiger charge is 2.19. The summed E-state index contributed by atoms with van der Waals surface area (Å²) < 4.78 is 0. The van der Waals surface area contributed by atoms with Gasteiger partial charge in [-0.05, 0) is 29.8 Å². The average molecular weight is 328 g/mol. The Morgan fingerprint density at radius 2 is 1.42 bits per heavy atom. The Labute approximate surface area is 141 Å². The van der Waals surface area contributed by atoms with Crippen molar-refractivity contribution in [3.63, 3.8) is 0 Å². The summed E-state index contributed by atoms with van der Waals surface area (Å²) in [6, 6.07) is 10.3. The van der Waals surface area contributed by atoms with Gasteiger partial charge in [-0.25, -0.2) is 0 Å². The van der Waals surface area contributed by atoms with Gasteiger partial charge in [0.25, 0.3) is 0 Å². The summed E-state index contributed by atoms with van der Waals surface area (Å²) in [6.07, 6.45) is 0. The van der Waals surface area contributed by atoms with Crippen molar-refractivity contribution in [2.24, 2.45) is 0 Å². The molecule has 0 spiro atoms. The summed E-state index contributed by atoms with van der Waals surface area (Å²) in [5.41, 5.74) is 15.0. The van der Waals surface area contributed by atoms with Crippen LogP contribution in [0.15, 0.2) is 36.4 Å². The normalized spacial score (nSPS) is 16.3. The first-order valence-corrected chi connectivity index (χ1v) is 8.11. The third kappa shape index (κ3) is 3.90. The quantitative estimate of drug-likeness (QED) is 0.502. The highest BCUT2D eigenvalue weighted by Crippen LogP contribution is 2.23. The van der Waals surface area contributed by atoms with Gasteiger partial charge in [0.2, 0.25) is 0 Å². The second-order valence-corrected chi connectivity index (χ2v) is 6.32. The minimum absolute atomic E-state index is 0.197. The van der Waals surface area contributed by atoms with Crippen LogP contribution >= 0.6 is 0 Å². The predicted octanol–water partition coefficient (Wildman–Crippen LogP) is 1.58. The smallest absolute Gasteiger partial charge is 0.120 e. The zero-order chi connectivity index (χ0) is 17.1. The number of nitrogen functional groups attached to an aromatic ring is 2. The van der Waals surface area contributed by atoms with Gasteiger partial charge in [-0.3, -0.25) is 9.80 Å². The third-order valence-corrected chi connectivity index (χ3v) is 4.49. The summed E-state index contributed by atoms with van der Waals surface area (Å²) in [5, 5.41) is 19.4. The first-order chi connectivity index (χ1) is 11.5. The lowest BCUT2D eigenvalue weighted by atomic mass is 10.1. The second-order valence-electron chi connectivity index (χ2n) is 6.32. The van der Waals surface area contributed by atoms with Gasteiger partial charge in [-0.15, -0.1) is 0 Å². The number of benzene rings is 2. The Kier molecular flexibility index (Phi) is 4.78. The maximum Gasteiger partial charge on any atom is 0.120 e. The van der Waals surface area contributed by atoms with Crippen molar-refractivity contribution in [1.29, 1.82) is 0 Å². The van der Waals surface area contributed by atoms with Crippen molar-refractivity contribution in [3.05, 3.63) is 47.5 Å². The van der Waals surface area contributed by atoms with Gasteiger partial charge in [0.15, 0.2) is 0 Å². The summed E-state index contributed by atoms with van der Waals surface area (Å²) >= 11 is 0. The van der Waals surface area contributed by atoms with E-state index in [9.17, 15) is 10.2 Å². The largest absolute Gasteiger partial charge is 0.508 e. The van der Waals surface area contributed by atoms with Crippen molar-refractivity contribution in [2.75, 3.05) is 37.6 Å². The molecule has 0 unspecified atom stereocenters. The standard InChI is InChI=1S/C18H24N4O2/c19-15-2-4-18(24)14(9-15)12-22-7-5-21(6-8-22)11-13-1-3-16(23)10-17(13)20/h1-4,9-10,23-24H,5-8,11-12,19-20H2. The van der Waals surface area contributed by atoms with Crippen LogP contribution in [0.2, 0.25) is 0 Å². The molecule has 6 N–H and O–H groups in total. The Morgan fingerprint density at radius 3 is 2.04 bits per heavy atom. The van der Waals surface area contributed by atoms with E-state index >= 15 is 0 Å². The number of phenolic OH excluding ortho intramolecular Hbond substituents is 2. The minimum atomic E-state index is 0.197. The van der Waals surface area contributed by atoms with Gasteiger partial charge >= 0.3 is 0 Å². The van der Waals surface area contributed by atoms with E-state index in [0.717, 1.165) is 43.9 Å². The molecule has 0 amide bonds. The Hall–Kier alpha value is -2.44. The summed E-state index contributed by atoms with van der Waals surface area (Å²) in [4.78, 5) is 4.66. The minimum Gasteiger partial charge on any atom is -0.508 e. The maximum atomic E-state index is 9.94. The molecule has 0 aromatic heterocycles. The molecule has 0 atom stereocenters. The van der Waals surface area contributed by atoms with Crippen LogP contribution in [-0.4, -0.2) is 46.2 Å². The number of hydrogen-bond donors (Lipinski definition) is 4. The van der Waals surface area contributed by atoms with E-state index in [1.54, 1.807) is 24.3 Å². The van der Waals surface area contributed by atoms with E-state index in [0.29, 0.717) is 23.7 Å². The number of rotatable bonds is 4. The number of nitrogens with zero attached hydrogens (tertiary/aromatic N) is 2. The Bertz CT molecular complexity index is 712. The fraction of sp³-hybridized carbons (Fsp3) is 0.333. The van der Waals surface area contributed by atoms with Gasteiger partial charge in [0.1, 0.15) is 11.5 Å². The fourth-order valence-corrected chi connectivity index (χ4v) is 3.05. The highest BCUT2D eigenvalue weighted by atomic mass is 16.3. The van der Waals surface area contributed by atoms with Crippen LogP contribution in [0.1, 0.15) is 11.1 Å². The van der Waals surface area contributed by atoms with E-state index in [4.69, 9.17) is 11.5 Å².